The van der Waals surface area contributed by atoms with Gasteiger partial charge in [-0.3, -0.25) is 15.0 Å². The molecule has 0 fully saturated rings. The Morgan fingerprint density at radius 1 is 1.38 bits per heavy atom. The molecule has 0 saturated carbocycles. The number of nitrogens with two attached hydrogens (primary N) is 1. The minimum atomic E-state index is -0.489. The molecule has 0 aromatic carbocycles. The van der Waals surface area contributed by atoms with Gasteiger partial charge >= 0.3 is 6.03 Å². The summed E-state index contributed by atoms with van der Waals surface area (Å²) >= 11 is 0. The summed E-state index contributed by atoms with van der Waals surface area (Å²) in [4.78, 5) is 24.5. The Hall–Kier alpha value is -1.14. The van der Waals surface area contributed by atoms with Crippen LogP contribution in [0, 0.1) is 0 Å². The van der Waals surface area contributed by atoms with Gasteiger partial charge < -0.3 is 11.1 Å². The molecule has 0 rings (SSSR count). The van der Waals surface area contributed by atoms with Gasteiger partial charge in [0.25, 0.3) is 0 Å². The van der Waals surface area contributed by atoms with Crippen LogP contribution in [-0.2, 0) is 4.79 Å². The maximum absolute atomic E-state index is 11.6. The average Bonchev–Trinajstić information content (AvgIpc) is 2.26. The third kappa shape index (κ3) is 4.59. The number of hydrogen-bond acceptors (Lipinski definition) is 4. The van der Waals surface area contributed by atoms with Crippen molar-refractivity contribution in [3.05, 3.63) is 0 Å². The number of urea groups is 1. The van der Waals surface area contributed by atoms with Gasteiger partial charge in [0.1, 0.15) is 0 Å². The van der Waals surface area contributed by atoms with E-state index in [1.165, 1.54) is 7.05 Å². The highest BCUT2D eigenvalue weighted by molar-refractivity contribution is 5.96. The summed E-state index contributed by atoms with van der Waals surface area (Å²) in [5.41, 5.74) is 5.45. The summed E-state index contributed by atoms with van der Waals surface area (Å²) in [5, 5.41) is 4.58. The Kier molecular flexibility index (Phi) is 6.67. The predicted octanol–water partition coefficient (Wildman–Crippen LogP) is -0.500. The smallest absolute Gasteiger partial charge is 0.321 e. The Balaban J connectivity index is 4.25. The van der Waals surface area contributed by atoms with Crippen LogP contribution in [0.5, 0.6) is 0 Å². The monoisotopic (exact) mass is 230 g/mol. The second kappa shape index (κ2) is 7.19. The minimum absolute atomic E-state index is 0.204. The van der Waals surface area contributed by atoms with E-state index in [1.807, 2.05) is 18.9 Å². The molecule has 16 heavy (non-hydrogen) atoms. The molecule has 0 aromatic rings. The van der Waals surface area contributed by atoms with E-state index >= 15 is 0 Å². The standard InChI is InChI=1S/C10H22N4O2/c1-7(5-6-11)14(4)8(2)9(15)13-10(16)12-3/h7-8H,5-6,11H2,1-4H3,(H2,12,13,15,16). The van der Waals surface area contributed by atoms with Crippen molar-refractivity contribution in [1.29, 1.82) is 0 Å². The van der Waals surface area contributed by atoms with Crippen molar-refractivity contribution in [2.75, 3.05) is 20.6 Å². The molecular formula is C10H22N4O2. The van der Waals surface area contributed by atoms with E-state index in [1.54, 1.807) is 6.92 Å². The molecule has 94 valence electrons. The van der Waals surface area contributed by atoms with Gasteiger partial charge in [-0.1, -0.05) is 0 Å². The Labute approximate surface area is 96.5 Å². The second-order valence-corrected chi connectivity index (χ2v) is 3.84. The van der Waals surface area contributed by atoms with Gasteiger partial charge in [0.15, 0.2) is 0 Å². The van der Waals surface area contributed by atoms with Crippen molar-refractivity contribution in [3.8, 4) is 0 Å². The summed E-state index contributed by atoms with van der Waals surface area (Å²) in [5.74, 6) is -0.314. The summed E-state index contributed by atoms with van der Waals surface area (Å²) in [6.45, 7) is 4.33. The SMILES string of the molecule is CNC(=O)NC(=O)C(C)N(C)C(C)CCN. The number of rotatable bonds is 5. The zero-order valence-electron chi connectivity index (χ0n) is 10.4. The number of hydrogen-bond donors (Lipinski definition) is 3. The quantitative estimate of drug-likeness (QED) is 0.594. The first kappa shape index (κ1) is 14.9. The van der Waals surface area contributed by atoms with Crippen LogP contribution in [0.4, 0.5) is 4.79 Å². The second-order valence-electron chi connectivity index (χ2n) is 3.84. The van der Waals surface area contributed by atoms with Crippen LogP contribution >= 0.6 is 0 Å². The van der Waals surface area contributed by atoms with Gasteiger partial charge in [0, 0.05) is 13.1 Å². The largest absolute Gasteiger partial charge is 0.341 e. The number of imide groups is 1. The highest BCUT2D eigenvalue weighted by Crippen LogP contribution is 2.05. The van der Waals surface area contributed by atoms with E-state index < -0.39 is 6.03 Å². The summed E-state index contributed by atoms with van der Waals surface area (Å²) in [7, 11) is 3.31. The van der Waals surface area contributed by atoms with Crippen LogP contribution in [0.3, 0.4) is 0 Å². The molecule has 0 aliphatic rings. The van der Waals surface area contributed by atoms with Crippen LogP contribution in [0.25, 0.3) is 0 Å². The average molecular weight is 230 g/mol. The molecule has 6 nitrogen and oxygen atoms in total. The molecule has 0 aliphatic carbocycles. The van der Waals surface area contributed by atoms with Crippen molar-refractivity contribution in [2.45, 2.75) is 32.4 Å². The topological polar surface area (TPSA) is 87.5 Å². The molecule has 4 N–H and O–H groups in total. The van der Waals surface area contributed by atoms with Crippen molar-refractivity contribution < 1.29 is 9.59 Å². The first-order chi connectivity index (χ1) is 7.43. The number of carbonyl (C=O) groups excluding carboxylic acids is 2. The Morgan fingerprint density at radius 3 is 2.38 bits per heavy atom. The lowest BCUT2D eigenvalue weighted by Crippen LogP contribution is -2.50. The van der Waals surface area contributed by atoms with E-state index in [9.17, 15) is 9.59 Å². The van der Waals surface area contributed by atoms with Crippen LogP contribution in [0.2, 0.25) is 0 Å². The molecule has 0 saturated heterocycles. The lowest BCUT2D eigenvalue weighted by Gasteiger charge is -2.29. The molecule has 0 aromatic heterocycles. The molecule has 0 spiro atoms. The lowest BCUT2D eigenvalue weighted by atomic mass is 10.1. The zero-order chi connectivity index (χ0) is 12.7. The molecular weight excluding hydrogens is 208 g/mol. The maximum Gasteiger partial charge on any atom is 0.321 e. The molecule has 0 bridgehead atoms. The fourth-order valence-corrected chi connectivity index (χ4v) is 1.29. The van der Waals surface area contributed by atoms with Crippen LogP contribution in [0.1, 0.15) is 20.3 Å². The van der Waals surface area contributed by atoms with Crippen molar-refractivity contribution >= 4 is 11.9 Å². The highest BCUT2D eigenvalue weighted by atomic mass is 16.2. The van der Waals surface area contributed by atoms with Crippen LogP contribution in [0.15, 0.2) is 0 Å². The molecule has 0 heterocycles. The molecule has 2 unspecified atom stereocenters. The molecule has 2 atom stereocenters. The molecule has 0 aliphatic heterocycles. The first-order valence-corrected chi connectivity index (χ1v) is 5.38. The highest BCUT2D eigenvalue weighted by Gasteiger charge is 2.22. The number of amides is 3. The maximum atomic E-state index is 11.6. The number of nitrogens with one attached hydrogen (secondary N) is 2. The number of nitrogens with zero attached hydrogens (tertiary/aromatic N) is 1. The van der Waals surface area contributed by atoms with E-state index in [0.29, 0.717) is 6.54 Å². The van der Waals surface area contributed by atoms with Crippen molar-refractivity contribution in [3.63, 3.8) is 0 Å². The van der Waals surface area contributed by atoms with E-state index in [2.05, 4.69) is 10.6 Å². The van der Waals surface area contributed by atoms with Crippen LogP contribution < -0.4 is 16.4 Å². The molecule has 3 amide bonds. The van der Waals surface area contributed by atoms with Gasteiger partial charge in [-0.05, 0) is 33.9 Å². The summed E-state index contributed by atoms with van der Waals surface area (Å²) < 4.78 is 0. The Bertz CT molecular complexity index is 245. The van der Waals surface area contributed by atoms with Gasteiger partial charge in [0.05, 0.1) is 6.04 Å². The van der Waals surface area contributed by atoms with E-state index in [0.717, 1.165) is 6.42 Å². The van der Waals surface area contributed by atoms with E-state index in [-0.39, 0.29) is 18.0 Å². The normalized spacial score (nSPS) is 14.4. The van der Waals surface area contributed by atoms with Gasteiger partial charge in [0.2, 0.25) is 5.91 Å². The van der Waals surface area contributed by atoms with Gasteiger partial charge in [-0.25, -0.2) is 4.79 Å². The number of likely N-dealkylation sites (N-methyl/N-ethyl adjacent to an activating group) is 1. The first-order valence-electron chi connectivity index (χ1n) is 5.38. The molecule has 0 radical (unpaired) electrons. The minimum Gasteiger partial charge on any atom is -0.341 e. The Morgan fingerprint density at radius 2 is 1.94 bits per heavy atom. The van der Waals surface area contributed by atoms with Gasteiger partial charge in [-0.15, -0.1) is 0 Å². The summed E-state index contributed by atoms with van der Waals surface area (Å²) in [6, 6.07) is -0.647. The fraction of sp³-hybridized carbons (Fsp3) is 0.800. The molecule has 6 heteroatoms. The van der Waals surface area contributed by atoms with Crippen molar-refractivity contribution in [2.24, 2.45) is 5.73 Å². The van der Waals surface area contributed by atoms with E-state index in [4.69, 9.17) is 5.73 Å². The third-order valence-electron chi connectivity index (χ3n) is 2.73. The van der Waals surface area contributed by atoms with Gasteiger partial charge in [-0.2, -0.15) is 0 Å². The predicted molar refractivity (Wildman–Crippen MR) is 63.0 cm³/mol. The van der Waals surface area contributed by atoms with Crippen molar-refractivity contribution in [1.82, 2.24) is 15.5 Å². The fourth-order valence-electron chi connectivity index (χ4n) is 1.29. The van der Waals surface area contributed by atoms with Crippen LogP contribution in [-0.4, -0.2) is 49.6 Å². The summed E-state index contributed by atoms with van der Waals surface area (Å²) in [6.07, 6.45) is 0.814. The number of carbonyl (C=O) groups is 2. The third-order valence-corrected chi connectivity index (χ3v) is 2.73. The zero-order valence-corrected chi connectivity index (χ0v) is 10.4. The lowest BCUT2D eigenvalue weighted by molar-refractivity contribution is -0.125.